The number of amides is 1. The van der Waals surface area contributed by atoms with Gasteiger partial charge in [0, 0.05) is 12.4 Å². The van der Waals surface area contributed by atoms with Gasteiger partial charge in [0.1, 0.15) is 6.10 Å². The Kier molecular flexibility index (Phi) is 5.09. The van der Waals surface area contributed by atoms with Crippen molar-refractivity contribution in [2.24, 2.45) is 0 Å². The Morgan fingerprint density at radius 3 is 2.48 bits per heavy atom. The minimum Gasteiger partial charge on any atom is -0.479 e. The first-order chi connectivity index (χ1) is 12.0. The number of pyridine rings is 1. The summed E-state index contributed by atoms with van der Waals surface area (Å²) in [7, 11) is 0. The molecular weight excluding hydrogens is 320 g/mol. The molecule has 1 aliphatic rings. The summed E-state index contributed by atoms with van der Waals surface area (Å²) in [6.07, 6.45) is 2.74. The van der Waals surface area contributed by atoms with E-state index in [4.69, 9.17) is 9.84 Å². The fourth-order valence-corrected chi connectivity index (χ4v) is 2.90. The molecule has 1 fully saturated rings. The Labute approximate surface area is 145 Å². The van der Waals surface area contributed by atoms with Crippen LogP contribution in [0.5, 0.6) is 0 Å². The molecule has 0 aliphatic carbocycles. The highest BCUT2D eigenvalue weighted by molar-refractivity contribution is 5.83. The third kappa shape index (κ3) is 4.03. The summed E-state index contributed by atoms with van der Waals surface area (Å²) in [5.74, 6) is -1.29. The van der Waals surface area contributed by atoms with Crippen LogP contribution in [0.1, 0.15) is 31.4 Å². The third-order valence-corrected chi connectivity index (χ3v) is 4.35. The van der Waals surface area contributed by atoms with Crippen LogP contribution >= 0.6 is 0 Å². The van der Waals surface area contributed by atoms with Crippen molar-refractivity contribution in [3.63, 3.8) is 0 Å². The Morgan fingerprint density at radius 2 is 1.88 bits per heavy atom. The lowest BCUT2D eigenvalue weighted by molar-refractivity contribution is -0.151. The van der Waals surface area contributed by atoms with Crippen molar-refractivity contribution in [1.29, 1.82) is 0 Å². The minimum absolute atomic E-state index is 0.192. The maximum Gasteiger partial charge on any atom is 0.332 e. The number of rotatable bonds is 5. The fourth-order valence-electron chi connectivity index (χ4n) is 2.90. The van der Waals surface area contributed by atoms with E-state index < -0.39 is 18.2 Å². The molecule has 130 valence electrons. The van der Waals surface area contributed by atoms with Crippen LogP contribution < -0.4 is 5.32 Å². The number of nitrogens with zero attached hydrogens (tertiary/aromatic N) is 1. The van der Waals surface area contributed by atoms with Crippen molar-refractivity contribution in [1.82, 2.24) is 10.3 Å². The first-order valence-electron chi connectivity index (χ1n) is 8.23. The number of aliphatic carboxylic acids is 1. The molecule has 1 amide bonds. The van der Waals surface area contributed by atoms with Gasteiger partial charge in [-0.15, -0.1) is 0 Å². The van der Waals surface area contributed by atoms with Gasteiger partial charge in [-0.05, 0) is 42.5 Å². The molecule has 3 atom stereocenters. The number of hydrogen-bond acceptors (Lipinski definition) is 4. The van der Waals surface area contributed by atoms with Gasteiger partial charge in [0.25, 0.3) is 0 Å². The fraction of sp³-hybridized carbons (Fsp3) is 0.316. The molecule has 2 aromatic rings. The van der Waals surface area contributed by atoms with Crippen molar-refractivity contribution in [2.75, 3.05) is 0 Å². The highest BCUT2D eigenvalue weighted by atomic mass is 16.5. The van der Waals surface area contributed by atoms with Gasteiger partial charge in [0.2, 0.25) is 5.91 Å². The van der Waals surface area contributed by atoms with Crippen molar-refractivity contribution < 1.29 is 19.4 Å². The molecule has 3 rings (SSSR count). The predicted molar refractivity (Wildman–Crippen MR) is 91.8 cm³/mol. The van der Waals surface area contributed by atoms with Gasteiger partial charge in [-0.1, -0.05) is 30.3 Å². The van der Waals surface area contributed by atoms with E-state index in [1.807, 2.05) is 43.3 Å². The molecule has 6 heteroatoms. The summed E-state index contributed by atoms with van der Waals surface area (Å²) < 4.78 is 5.28. The SMILES string of the molecule is CC(NC(=O)[C@@H]1CC[C@H](C(=O)O)O1)c1ccc(-c2cccnc2)cc1. The van der Waals surface area contributed by atoms with Crippen LogP contribution in [-0.2, 0) is 14.3 Å². The van der Waals surface area contributed by atoms with Crippen LogP contribution in [0.3, 0.4) is 0 Å². The molecule has 0 bridgehead atoms. The number of benzene rings is 1. The van der Waals surface area contributed by atoms with Gasteiger partial charge in [-0.2, -0.15) is 0 Å². The van der Waals surface area contributed by atoms with Gasteiger partial charge in [-0.3, -0.25) is 9.78 Å². The summed E-state index contributed by atoms with van der Waals surface area (Å²) in [5.41, 5.74) is 3.05. The zero-order valence-corrected chi connectivity index (χ0v) is 13.9. The monoisotopic (exact) mass is 340 g/mol. The lowest BCUT2D eigenvalue weighted by Crippen LogP contribution is -2.37. The van der Waals surface area contributed by atoms with Crippen molar-refractivity contribution >= 4 is 11.9 Å². The molecule has 6 nitrogen and oxygen atoms in total. The van der Waals surface area contributed by atoms with Crippen molar-refractivity contribution in [3.05, 3.63) is 54.4 Å². The highest BCUT2D eigenvalue weighted by Crippen LogP contribution is 2.23. The van der Waals surface area contributed by atoms with Gasteiger partial charge >= 0.3 is 5.97 Å². The molecule has 25 heavy (non-hydrogen) atoms. The van der Waals surface area contributed by atoms with Gasteiger partial charge in [0.15, 0.2) is 6.10 Å². The van der Waals surface area contributed by atoms with Gasteiger partial charge < -0.3 is 15.2 Å². The van der Waals surface area contributed by atoms with E-state index in [9.17, 15) is 9.59 Å². The number of carbonyl (C=O) groups excluding carboxylic acids is 1. The molecule has 1 saturated heterocycles. The summed E-state index contributed by atoms with van der Waals surface area (Å²) in [5, 5.41) is 11.8. The van der Waals surface area contributed by atoms with E-state index in [0.29, 0.717) is 12.8 Å². The average molecular weight is 340 g/mol. The van der Waals surface area contributed by atoms with Crippen molar-refractivity contribution in [3.8, 4) is 11.1 Å². The molecule has 1 aliphatic heterocycles. The number of ether oxygens (including phenoxy) is 1. The van der Waals surface area contributed by atoms with Crippen LogP contribution in [-0.4, -0.2) is 34.2 Å². The van der Waals surface area contributed by atoms with Crippen LogP contribution in [0, 0.1) is 0 Å². The normalized spacial score (nSPS) is 20.8. The van der Waals surface area contributed by atoms with Crippen LogP contribution in [0.2, 0.25) is 0 Å². The molecule has 0 spiro atoms. The topological polar surface area (TPSA) is 88.5 Å². The van der Waals surface area contributed by atoms with Gasteiger partial charge in [0.05, 0.1) is 6.04 Å². The zero-order valence-electron chi connectivity index (χ0n) is 13.9. The molecule has 1 unspecified atom stereocenters. The van der Waals surface area contributed by atoms with Crippen molar-refractivity contribution in [2.45, 2.75) is 38.0 Å². The second-order valence-electron chi connectivity index (χ2n) is 6.12. The Balaban J connectivity index is 1.61. The molecule has 1 aromatic heterocycles. The number of hydrogen-bond donors (Lipinski definition) is 2. The number of carboxylic acids is 1. The van der Waals surface area contributed by atoms with E-state index in [-0.39, 0.29) is 11.9 Å². The second kappa shape index (κ2) is 7.44. The largest absolute Gasteiger partial charge is 0.479 e. The molecule has 0 saturated carbocycles. The van der Waals surface area contributed by atoms with E-state index in [0.717, 1.165) is 16.7 Å². The average Bonchev–Trinajstić information content (AvgIpc) is 3.13. The lowest BCUT2D eigenvalue weighted by Gasteiger charge is -2.18. The maximum atomic E-state index is 12.2. The number of aromatic nitrogens is 1. The second-order valence-corrected chi connectivity index (χ2v) is 6.12. The number of nitrogens with one attached hydrogen (secondary N) is 1. The first-order valence-corrected chi connectivity index (χ1v) is 8.23. The number of carboxylic acid groups (broad SMARTS) is 1. The summed E-state index contributed by atoms with van der Waals surface area (Å²) in [4.78, 5) is 27.3. The van der Waals surface area contributed by atoms with Crippen LogP contribution in [0.4, 0.5) is 0 Å². The predicted octanol–water partition coefficient (Wildman–Crippen LogP) is 2.56. The minimum atomic E-state index is -1.02. The maximum absolute atomic E-state index is 12.2. The molecule has 2 N–H and O–H groups in total. The lowest BCUT2D eigenvalue weighted by atomic mass is 10.0. The standard InChI is InChI=1S/C19H20N2O4/c1-12(21-18(22)16-8-9-17(25-16)19(23)24)13-4-6-14(7-5-13)15-3-2-10-20-11-15/h2-7,10-12,16-17H,8-9H2,1H3,(H,21,22)(H,23,24)/t12?,16-,17+/m0/s1. The smallest absolute Gasteiger partial charge is 0.332 e. The Morgan fingerprint density at radius 1 is 1.16 bits per heavy atom. The van der Waals surface area contributed by atoms with Crippen LogP contribution in [0.25, 0.3) is 11.1 Å². The molecule has 2 heterocycles. The van der Waals surface area contributed by atoms with Gasteiger partial charge in [-0.25, -0.2) is 4.79 Å². The molecular formula is C19H20N2O4. The summed E-state index contributed by atoms with van der Waals surface area (Å²) in [6, 6.07) is 11.6. The highest BCUT2D eigenvalue weighted by Gasteiger charge is 2.35. The number of carbonyl (C=O) groups is 2. The first kappa shape index (κ1) is 17.1. The van der Waals surface area contributed by atoms with E-state index >= 15 is 0 Å². The van der Waals surface area contributed by atoms with Crippen LogP contribution in [0.15, 0.2) is 48.8 Å². The molecule has 0 radical (unpaired) electrons. The van der Waals surface area contributed by atoms with E-state index in [2.05, 4.69) is 10.3 Å². The third-order valence-electron chi connectivity index (χ3n) is 4.35. The molecule has 1 aromatic carbocycles. The Hall–Kier alpha value is -2.73. The quantitative estimate of drug-likeness (QED) is 0.873. The summed E-state index contributed by atoms with van der Waals surface area (Å²) >= 11 is 0. The summed E-state index contributed by atoms with van der Waals surface area (Å²) in [6.45, 7) is 1.89. The Bertz CT molecular complexity index is 746. The zero-order chi connectivity index (χ0) is 17.8. The van der Waals surface area contributed by atoms with E-state index in [1.54, 1.807) is 12.4 Å². The van der Waals surface area contributed by atoms with E-state index in [1.165, 1.54) is 0 Å².